The molecule has 1 aromatic heterocycles. The lowest BCUT2D eigenvalue weighted by Gasteiger charge is -2.28. The Kier molecular flexibility index (Phi) is 7.76. The molecule has 1 aliphatic rings. The number of hydrogen-bond acceptors (Lipinski definition) is 3. The molecule has 1 saturated carbocycles. The van der Waals surface area contributed by atoms with Gasteiger partial charge < -0.3 is 15.1 Å². The quantitative estimate of drug-likeness (QED) is 0.358. The topological polar surface area (TPSA) is 52.7 Å². The molecule has 0 unspecified atom stereocenters. The number of urea groups is 1. The molecule has 0 bridgehead atoms. The first-order valence-corrected chi connectivity index (χ1v) is 12.5. The van der Waals surface area contributed by atoms with E-state index in [9.17, 15) is 14.0 Å². The smallest absolute Gasteiger partial charge is 0.322 e. The molecule has 1 fully saturated rings. The van der Waals surface area contributed by atoms with Crippen LogP contribution in [0.15, 0.2) is 53.9 Å². The van der Waals surface area contributed by atoms with E-state index in [4.69, 9.17) is 23.2 Å². The maximum absolute atomic E-state index is 13.5. The van der Waals surface area contributed by atoms with Gasteiger partial charge >= 0.3 is 6.03 Å². The summed E-state index contributed by atoms with van der Waals surface area (Å²) in [6.07, 6.45) is 1.69. The fourth-order valence-corrected chi connectivity index (χ4v) is 4.93. The van der Waals surface area contributed by atoms with Crippen LogP contribution in [-0.4, -0.2) is 34.3 Å². The molecular weight excluding hydrogens is 496 g/mol. The molecule has 2 aromatic carbocycles. The highest BCUT2D eigenvalue weighted by Crippen LogP contribution is 2.30. The van der Waals surface area contributed by atoms with Gasteiger partial charge in [0.25, 0.3) is 0 Å². The van der Waals surface area contributed by atoms with Crippen LogP contribution in [0.3, 0.4) is 0 Å². The maximum atomic E-state index is 13.5. The minimum Gasteiger partial charge on any atom is -0.332 e. The van der Waals surface area contributed by atoms with Gasteiger partial charge in [-0.2, -0.15) is 0 Å². The van der Waals surface area contributed by atoms with Gasteiger partial charge in [-0.25, -0.2) is 9.18 Å². The van der Waals surface area contributed by atoms with Gasteiger partial charge in [-0.1, -0.05) is 35.3 Å². The van der Waals surface area contributed by atoms with E-state index >= 15 is 0 Å². The summed E-state index contributed by atoms with van der Waals surface area (Å²) in [6, 6.07) is 12.6. The molecule has 3 amide bonds. The summed E-state index contributed by atoms with van der Waals surface area (Å²) in [5.41, 5.74) is 2.36. The standard InChI is InChI=1S/C25H24Cl2FN3O2S/c1-16-10-11-34-23(16)14-30(13-17-2-5-19(28)6-3-17)24(32)15-31(20-7-8-20)25(33)29-22-9-4-18(26)12-21(22)27/h2-6,9-12,20H,7-8,13-15H2,1H3,(H,29,33). The van der Waals surface area contributed by atoms with Gasteiger partial charge in [-0.3, -0.25) is 4.79 Å². The van der Waals surface area contributed by atoms with Crippen molar-refractivity contribution in [3.05, 3.63) is 85.8 Å². The largest absolute Gasteiger partial charge is 0.332 e. The second kappa shape index (κ2) is 10.8. The number of thiophene rings is 1. The Bertz CT molecular complexity index is 1180. The first kappa shape index (κ1) is 24.5. The molecule has 0 radical (unpaired) electrons. The zero-order valence-electron chi connectivity index (χ0n) is 18.6. The van der Waals surface area contributed by atoms with Crippen molar-refractivity contribution in [3.63, 3.8) is 0 Å². The zero-order chi connectivity index (χ0) is 24.2. The molecule has 1 aliphatic carbocycles. The summed E-state index contributed by atoms with van der Waals surface area (Å²) in [6.45, 7) is 2.68. The molecule has 178 valence electrons. The van der Waals surface area contributed by atoms with E-state index in [1.807, 2.05) is 18.4 Å². The van der Waals surface area contributed by atoms with E-state index < -0.39 is 0 Å². The lowest BCUT2D eigenvalue weighted by atomic mass is 10.2. The zero-order valence-corrected chi connectivity index (χ0v) is 20.9. The Morgan fingerprint density at radius 1 is 1.09 bits per heavy atom. The highest BCUT2D eigenvalue weighted by atomic mass is 35.5. The minimum atomic E-state index is -0.380. The monoisotopic (exact) mass is 519 g/mol. The predicted octanol–water partition coefficient (Wildman–Crippen LogP) is 6.73. The van der Waals surface area contributed by atoms with Crippen molar-refractivity contribution in [2.75, 3.05) is 11.9 Å². The highest BCUT2D eigenvalue weighted by Gasteiger charge is 2.35. The summed E-state index contributed by atoms with van der Waals surface area (Å²) in [5, 5.41) is 5.59. The molecule has 0 atom stereocenters. The third-order valence-corrected chi connectivity index (χ3v) is 7.22. The molecule has 5 nitrogen and oxygen atoms in total. The van der Waals surface area contributed by atoms with Crippen molar-refractivity contribution in [2.24, 2.45) is 0 Å². The summed E-state index contributed by atoms with van der Waals surface area (Å²) in [4.78, 5) is 30.9. The van der Waals surface area contributed by atoms with Gasteiger partial charge in [-0.05, 0) is 72.7 Å². The molecule has 1 N–H and O–H groups in total. The van der Waals surface area contributed by atoms with E-state index in [1.54, 1.807) is 51.5 Å². The third-order valence-electron chi connectivity index (χ3n) is 5.67. The molecule has 0 saturated heterocycles. The first-order chi connectivity index (χ1) is 16.3. The second-order valence-electron chi connectivity index (χ2n) is 8.32. The number of rotatable bonds is 8. The lowest BCUT2D eigenvalue weighted by Crippen LogP contribution is -2.45. The van der Waals surface area contributed by atoms with Gasteiger partial charge in [-0.15, -0.1) is 11.3 Å². The Balaban J connectivity index is 1.50. The Labute approximate surface area is 212 Å². The number of carbonyl (C=O) groups excluding carboxylic acids is 2. The molecule has 0 spiro atoms. The number of nitrogens with zero attached hydrogens (tertiary/aromatic N) is 2. The van der Waals surface area contributed by atoms with Crippen LogP contribution in [0.1, 0.15) is 28.8 Å². The number of carbonyl (C=O) groups is 2. The summed E-state index contributed by atoms with van der Waals surface area (Å²) in [7, 11) is 0. The SMILES string of the molecule is Cc1ccsc1CN(Cc1ccc(F)cc1)C(=O)CN(C(=O)Nc1ccc(Cl)cc1Cl)C1CC1. The van der Waals surface area contributed by atoms with Crippen molar-refractivity contribution < 1.29 is 14.0 Å². The fourth-order valence-electron chi connectivity index (χ4n) is 3.56. The Morgan fingerprint density at radius 2 is 1.82 bits per heavy atom. The molecule has 0 aliphatic heterocycles. The molecule has 34 heavy (non-hydrogen) atoms. The van der Waals surface area contributed by atoms with Crippen LogP contribution in [0.4, 0.5) is 14.9 Å². The van der Waals surface area contributed by atoms with Gasteiger partial charge in [0.1, 0.15) is 12.4 Å². The molecule has 9 heteroatoms. The number of hydrogen-bond donors (Lipinski definition) is 1. The maximum Gasteiger partial charge on any atom is 0.322 e. The number of nitrogens with one attached hydrogen (secondary N) is 1. The lowest BCUT2D eigenvalue weighted by molar-refractivity contribution is -0.133. The fraction of sp³-hybridized carbons (Fsp3) is 0.280. The van der Waals surface area contributed by atoms with Crippen LogP contribution >= 0.6 is 34.5 Å². The average molecular weight is 520 g/mol. The van der Waals surface area contributed by atoms with Crippen LogP contribution < -0.4 is 5.32 Å². The van der Waals surface area contributed by atoms with Crippen molar-refractivity contribution in [2.45, 2.75) is 38.9 Å². The van der Waals surface area contributed by atoms with E-state index in [1.165, 1.54) is 12.1 Å². The van der Waals surface area contributed by atoms with Crippen LogP contribution in [-0.2, 0) is 17.9 Å². The number of amides is 3. The van der Waals surface area contributed by atoms with Crippen LogP contribution in [0.2, 0.25) is 10.0 Å². The van der Waals surface area contributed by atoms with Gasteiger partial charge in [0.2, 0.25) is 5.91 Å². The number of halogens is 3. The Morgan fingerprint density at radius 3 is 2.44 bits per heavy atom. The van der Waals surface area contributed by atoms with Gasteiger partial charge in [0, 0.05) is 22.5 Å². The average Bonchev–Trinajstić information content (AvgIpc) is 3.56. The molecule has 3 aromatic rings. The minimum absolute atomic E-state index is 0.00571. The molecule has 4 rings (SSSR count). The van der Waals surface area contributed by atoms with Crippen LogP contribution in [0.25, 0.3) is 0 Å². The summed E-state index contributed by atoms with van der Waals surface area (Å²) >= 11 is 13.7. The molecular formula is C25H24Cl2FN3O2S. The van der Waals surface area contributed by atoms with Crippen molar-refractivity contribution >= 4 is 52.2 Å². The van der Waals surface area contributed by atoms with Gasteiger partial charge in [0.05, 0.1) is 17.3 Å². The van der Waals surface area contributed by atoms with E-state index in [0.717, 1.165) is 28.8 Å². The van der Waals surface area contributed by atoms with Crippen LogP contribution in [0.5, 0.6) is 0 Å². The second-order valence-corrected chi connectivity index (χ2v) is 10.2. The highest BCUT2D eigenvalue weighted by molar-refractivity contribution is 7.10. The number of aryl methyl sites for hydroxylation is 1. The first-order valence-electron chi connectivity index (χ1n) is 10.9. The van der Waals surface area contributed by atoms with Crippen LogP contribution in [0, 0.1) is 12.7 Å². The van der Waals surface area contributed by atoms with E-state index in [0.29, 0.717) is 28.8 Å². The third kappa shape index (κ3) is 6.29. The molecule has 1 heterocycles. The summed E-state index contributed by atoms with van der Waals surface area (Å²) in [5.74, 6) is -0.505. The Hall–Kier alpha value is -2.61. The predicted molar refractivity (Wildman–Crippen MR) is 135 cm³/mol. The number of benzene rings is 2. The van der Waals surface area contributed by atoms with E-state index in [2.05, 4.69) is 5.32 Å². The normalized spacial score (nSPS) is 12.9. The van der Waals surface area contributed by atoms with Crippen molar-refractivity contribution in [1.29, 1.82) is 0 Å². The number of anilines is 1. The van der Waals surface area contributed by atoms with E-state index in [-0.39, 0.29) is 30.3 Å². The summed E-state index contributed by atoms with van der Waals surface area (Å²) < 4.78 is 13.4. The van der Waals surface area contributed by atoms with Gasteiger partial charge in [0.15, 0.2) is 0 Å². The van der Waals surface area contributed by atoms with Crippen molar-refractivity contribution in [3.8, 4) is 0 Å². The van der Waals surface area contributed by atoms with Crippen molar-refractivity contribution in [1.82, 2.24) is 9.80 Å².